The monoisotopic (exact) mass is 288 g/mol. The van der Waals surface area contributed by atoms with E-state index in [9.17, 15) is 9.59 Å². The van der Waals surface area contributed by atoms with Crippen molar-refractivity contribution in [3.8, 4) is 0 Å². The highest BCUT2D eigenvalue weighted by Crippen LogP contribution is 2.12. The average Bonchev–Trinajstić information content (AvgIpc) is 2.62. The zero-order valence-corrected chi connectivity index (χ0v) is 10.5. The Bertz CT molecular complexity index is 389. The lowest BCUT2D eigenvalue weighted by molar-refractivity contribution is -0.137. The number of carbonyl (C=O) groups excluding carboxylic acids is 1. The highest BCUT2D eigenvalue weighted by Gasteiger charge is 2.18. The van der Waals surface area contributed by atoms with E-state index in [1.165, 1.54) is 4.90 Å². The minimum atomic E-state index is -1.01. The number of nitrogens with one attached hydrogen (secondary N) is 1. The third-order valence-corrected chi connectivity index (χ3v) is 2.44. The van der Waals surface area contributed by atoms with E-state index >= 15 is 0 Å². The van der Waals surface area contributed by atoms with Crippen LogP contribution >= 0.6 is 15.9 Å². The number of amides is 1. The SMILES string of the molecule is CCCN(CC(=O)O)C(=O)c1cc(Br)c[nH]1. The lowest BCUT2D eigenvalue weighted by Crippen LogP contribution is -2.36. The molecule has 0 fully saturated rings. The van der Waals surface area contributed by atoms with Gasteiger partial charge >= 0.3 is 5.97 Å². The molecule has 0 saturated carbocycles. The van der Waals surface area contributed by atoms with E-state index < -0.39 is 5.97 Å². The first-order chi connectivity index (χ1) is 7.54. The minimum Gasteiger partial charge on any atom is -0.480 e. The molecule has 0 aliphatic carbocycles. The molecule has 0 aromatic carbocycles. The van der Waals surface area contributed by atoms with Crippen molar-refractivity contribution in [1.29, 1.82) is 0 Å². The Morgan fingerprint density at radius 1 is 1.56 bits per heavy atom. The number of halogens is 1. The second-order valence-electron chi connectivity index (χ2n) is 3.35. The number of aliphatic carboxylic acids is 1. The Morgan fingerprint density at radius 2 is 2.25 bits per heavy atom. The number of nitrogens with zero attached hydrogens (tertiary/aromatic N) is 1. The predicted molar refractivity (Wildman–Crippen MR) is 62.3 cm³/mol. The van der Waals surface area contributed by atoms with E-state index in [0.717, 1.165) is 10.9 Å². The molecule has 88 valence electrons. The second-order valence-corrected chi connectivity index (χ2v) is 4.27. The number of carboxylic acids is 1. The van der Waals surface area contributed by atoms with E-state index in [1.54, 1.807) is 12.3 Å². The fourth-order valence-corrected chi connectivity index (χ4v) is 1.69. The maximum atomic E-state index is 11.9. The van der Waals surface area contributed by atoms with Crippen LogP contribution in [0.25, 0.3) is 0 Å². The van der Waals surface area contributed by atoms with Gasteiger partial charge in [0, 0.05) is 17.2 Å². The molecule has 1 aromatic rings. The van der Waals surface area contributed by atoms with Gasteiger partial charge < -0.3 is 15.0 Å². The summed E-state index contributed by atoms with van der Waals surface area (Å²) in [6.45, 7) is 2.05. The lowest BCUT2D eigenvalue weighted by atomic mass is 10.3. The fourth-order valence-electron chi connectivity index (χ4n) is 1.35. The summed E-state index contributed by atoms with van der Waals surface area (Å²) in [5.41, 5.74) is 0.390. The zero-order valence-electron chi connectivity index (χ0n) is 8.86. The van der Waals surface area contributed by atoms with Gasteiger partial charge in [-0.1, -0.05) is 6.92 Å². The first-order valence-corrected chi connectivity index (χ1v) is 5.69. The molecule has 1 heterocycles. The zero-order chi connectivity index (χ0) is 12.1. The van der Waals surface area contributed by atoms with Crippen LogP contribution in [0.3, 0.4) is 0 Å². The van der Waals surface area contributed by atoms with Gasteiger partial charge in [-0.2, -0.15) is 0 Å². The van der Waals surface area contributed by atoms with Crippen LogP contribution in [-0.2, 0) is 4.79 Å². The van der Waals surface area contributed by atoms with Gasteiger partial charge in [-0.15, -0.1) is 0 Å². The molecular formula is C10H13BrN2O3. The fraction of sp³-hybridized carbons (Fsp3) is 0.400. The summed E-state index contributed by atoms with van der Waals surface area (Å²) >= 11 is 3.22. The molecule has 16 heavy (non-hydrogen) atoms. The minimum absolute atomic E-state index is 0.274. The van der Waals surface area contributed by atoms with Gasteiger partial charge in [0.25, 0.3) is 5.91 Å². The predicted octanol–water partition coefficient (Wildman–Crippen LogP) is 1.71. The summed E-state index contributed by atoms with van der Waals surface area (Å²) in [5, 5.41) is 8.70. The van der Waals surface area contributed by atoms with Crippen molar-refractivity contribution in [1.82, 2.24) is 9.88 Å². The third kappa shape index (κ3) is 3.37. The highest BCUT2D eigenvalue weighted by molar-refractivity contribution is 9.10. The summed E-state index contributed by atoms with van der Waals surface area (Å²) in [4.78, 5) is 26.6. The first-order valence-electron chi connectivity index (χ1n) is 4.89. The van der Waals surface area contributed by atoms with Crippen LogP contribution in [0.2, 0.25) is 0 Å². The van der Waals surface area contributed by atoms with E-state index in [0.29, 0.717) is 12.2 Å². The van der Waals surface area contributed by atoms with Crippen LogP contribution in [0.4, 0.5) is 0 Å². The van der Waals surface area contributed by atoms with Gasteiger partial charge in [-0.05, 0) is 28.4 Å². The topological polar surface area (TPSA) is 73.4 Å². The highest BCUT2D eigenvalue weighted by atomic mass is 79.9. The molecule has 0 radical (unpaired) electrons. The van der Waals surface area contributed by atoms with E-state index in [1.807, 2.05) is 6.92 Å². The molecule has 0 spiro atoms. The van der Waals surface area contributed by atoms with Gasteiger partial charge in [0.2, 0.25) is 0 Å². The standard InChI is InChI=1S/C10H13BrN2O3/c1-2-3-13(6-9(14)15)10(16)8-4-7(11)5-12-8/h4-5,12H,2-3,6H2,1H3,(H,14,15). The Balaban J connectivity index is 2.78. The number of hydrogen-bond acceptors (Lipinski definition) is 2. The van der Waals surface area contributed by atoms with Crippen LogP contribution in [-0.4, -0.2) is 40.0 Å². The summed E-state index contributed by atoms with van der Waals surface area (Å²) in [5.74, 6) is -1.30. The molecule has 2 N–H and O–H groups in total. The van der Waals surface area contributed by atoms with Gasteiger partial charge in [0.15, 0.2) is 0 Å². The molecule has 0 unspecified atom stereocenters. The molecule has 5 nitrogen and oxygen atoms in total. The molecule has 0 bridgehead atoms. The van der Waals surface area contributed by atoms with Crippen molar-refractivity contribution in [2.24, 2.45) is 0 Å². The lowest BCUT2D eigenvalue weighted by Gasteiger charge is -2.18. The van der Waals surface area contributed by atoms with Crippen molar-refractivity contribution < 1.29 is 14.7 Å². The largest absolute Gasteiger partial charge is 0.480 e. The molecule has 6 heteroatoms. The van der Waals surface area contributed by atoms with Crippen LogP contribution in [0, 0.1) is 0 Å². The van der Waals surface area contributed by atoms with Crippen molar-refractivity contribution in [2.45, 2.75) is 13.3 Å². The van der Waals surface area contributed by atoms with E-state index in [-0.39, 0.29) is 12.5 Å². The Hall–Kier alpha value is -1.30. The van der Waals surface area contributed by atoms with Crippen LogP contribution in [0.1, 0.15) is 23.8 Å². The van der Waals surface area contributed by atoms with Crippen molar-refractivity contribution in [3.63, 3.8) is 0 Å². The molecule has 0 aliphatic rings. The van der Waals surface area contributed by atoms with Crippen LogP contribution in [0.5, 0.6) is 0 Å². The Labute approximate surface area is 102 Å². The molecule has 0 aliphatic heterocycles. The molecule has 1 amide bonds. The first kappa shape index (κ1) is 12.8. The molecule has 1 rings (SSSR count). The van der Waals surface area contributed by atoms with Crippen molar-refractivity contribution in [3.05, 3.63) is 22.4 Å². The second kappa shape index (κ2) is 5.69. The Kier molecular flexibility index (Phi) is 4.54. The number of aromatic nitrogens is 1. The van der Waals surface area contributed by atoms with Gasteiger partial charge in [0.05, 0.1) is 0 Å². The maximum Gasteiger partial charge on any atom is 0.323 e. The number of carboxylic acid groups (broad SMARTS) is 1. The molecule has 0 saturated heterocycles. The quantitative estimate of drug-likeness (QED) is 0.866. The molecular weight excluding hydrogens is 276 g/mol. The maximum absolute atomic E-state index is 11.9. The van der Waals surface area contributed by atoms with Crippen LogP contribution < -0.4 is 0 Å². The van der Waals surface area contributed by atoms with Gasteiger partial charge in [0.1, 0.15) is 12.2 Å². The summed E-state index contributed by atoms with van der Waals surface area (Å²) in [6.07, 6.45) is 2.36. The van der Waals surface area contributed by atoms with Crippen LogP contribution in [0.15, 0.2) is 16.7 Å². The number of hydrogen-bond donors (Lipinski definition) is 2. The third-order valence-electron chi connectivity index (χ3n) is 1.99. The number of carbonyl (C=O) groups is 2. The molecule has 0 atom stereocenters. The number of rotatable bonds is 5. The van der Waals surface area contributed by atoms with Gasteiger partial charge in [-0.25, -0.2) is 0 Å². The average molecular weight is 289 g/mol. The summed E-state index contributed by atoms with van der Waals surface area (Å²) in [7, 11) is 0. The molecule has 1 aromatic heterocycles. The Morgan fingerprint density at radius 3 is 2.69 bits per heavy atom. The summed E-state index contributed by atoms with van der Waals surface area (Å²) in [6, 6.07) is 1.63. The van der Waals surface area contributed by atoms with Crippen molar-refractivity contribution in [2.75, 3.05) is 13.1 Å². The normalized spacial score (nSPS) is 10.1. The van der Waals surface area contributed by atoms with E-state index in [4.69, 9.17) is 5.11 Å². The number of aromatic amines is 1. The van der Waals surface area contributed by atoms with E-state index in [2.05, 4.69) is 20.9 Å². The number of H-pyrrole nitrogens is 1. The van der Waals surface area contributed by atoms with Crippen molar-refractivity contribution >= 4 is 27.8 Å². The smallest absolute Gasteiger partial charge is 0.323 e. The summed E-state index contributed by atoms with van der Waals surface area (Å²) < 4.78 is 0.766. The van der Waals surface area contributed by atoms with Gasteiger partial charge in [-0.3, -0.25) is 9.59 Å².